The second kappa shape index (κ2) is 5.24. The minimum Gasteiger partial charge on any atom is -0.272 e. The Morgan fingerprint density at radius 1 is 1.21 bits per heavy atom. The molecule has 1 saturated heterocycles. The van der Waals surface area contributed by atoms with Gasteiger partial charge in [0, 0.05) is 22.7 Å². The minimum atomic E-state index is -0.548. The Morgan fingerprint density at radius 2 is 1.83 bits per heavy atom. The van der Waals surface area contributed by atoms with Crippen LogP contribution >= 0.6 is 11.6 Å². The molecular formula is C16H12ClN3O4. The molecule has 3 aliphatic rings. The van der Waals surface area contributed by atoms with E-state index in [1.807, 2.05) is 12.2 Å². The van der Waals surface area contributed by atoms with Gasteiger partial charge < -0.3 is 0 Å². The molecule has 2 bridgehead atoms. The summed E-state index contributed by atoms with van der Waals surface area (Å²) < 4.78 is 0. The van der Waals surface area contributed by atoms with Crippen molar-refractivity contribution in [2.24, 2.45) is 28.8 Å². The molecule has 4 rings (SSSR count). The number of nitro benzene ring substituents is 1. The molecule has 122 valence electrons. The van der Waals surface area contributed by atoms with Crippen LogP contribution in [0, 0.1) is 33.8 Å². The van der Waals surface area contributed by atoms with E-state index >= 15 is 0 Å². The highest BCUT2D eigenvalue weighted by Crippen LogP contribution is 2.52. The summed E-state index contributed by atoms with van der Waals surface area (Å²) in [4.78, 5) is 35.3. The molecule has 7 nitrogen and oxygen atoms in total. The molecular weight excluding hydrogens is 334 g/mol. The molecule has 0 aromatic heterocycles. The first-order valence-electron chi connectivity index (χ1n) is 7.51. The number of benzene rings is 1. The number of amides is 2. The third-order valence-electron chi connectivity index (χ3n) is 4.95. The van der Waals surface area contributed by atoms with Crippen LogP contribution in [0.1, 0.15) is 12.0 Å². The van der Waals surface area contributed by atoms with Gasteiger partial charge in [-0.3, -0.25) is 19.7 Å². The summed E-state index contributed by atoms with van der Waals surface area (Å²) >= 11 is 6.00. The molecule has 0 unspecified atom stereocenters. The maximum absolute atomic E-state index is 12.5. The van der Waals surface area contributed by atoms with Crippen molar-refractivity contribution in [3.05, 3.63) is 51.1 Å². The van der Waals surface area contributed by atoms with E-state index in [2.05, 4.69) is 5.10 Å². The molecule has 1 aliphatic heterocycles. The van der Waals surface area contributed by atoms with E-state index in [-0.39, 0.29) is 51.8 Å². The van der Waals surface area contributed by atoms with Crippen LogP contribution in [-0.2, 0) is 9.59 Å². The fourth-order valence-corrected chi connectivity index (χ4v) is 4.03. The van der Waals surface area contributed by atoms with Gasteiger partial charge in [0.05, 0.1) is 23.0 Å². The average molecular weight is 346 g/mol. The van der Waals surface area contributed by atoms with E-state index < -0.39 is 4.92 Å². The van der Waals surface area contributed by atoms with Crippen molar-refractivity contribution in [2.75, 3.05) is 0 Å². The molecule has 8 heteroatoms. The first-order valence-corrected chi connectivity index (χ1v) is 7.89. The van der Waals surface area contributed by atoms with Crippen molar-refractivity contribution >= 4 is 35.3 Å². The molecule has 24 heavy (non-hydrogen) atoms. The molecule has 2 fully saturated rings. The fourth-order valence-electron chi connectivity index (χ4n) is 3.86. The molecule has 1 aromatic carbocycles. The number of rotatable bonds is 3. The predicted molar refractivity (Wildman–Crippen MR) is 85.3 cm³/mol. The van der Waals surface area contributed by atoms with Gasteiger partial charge in [-0.2, -0.15) is 10.1 Å². The van der Waals surface area contributed by atoms with Gasteiger partial charge in [0.1, 0.15) is 0 Å². The van der Waals surface area contributed by atoms with Crippen LogP contribution < -0.4 is 0 Å². The molecule has 2 aliphatic carbocycles. The number of hydrazone groups is 1. The Labute approximate surface area is 141 Å². The van der Waals surface area contributed by atoms with E-state index in [0.717, 1.165) is 11.4 Å². The molecule has 1 saturated carbocycles. The quantitative estimate of drug-likeness (QED) is 0.276. The van der Waals surface area contributed by atoms with Crippen molar-refractivity contribution in [3.63, 3.8) is 0 Å². The summed E-state index contributed by atoms with van der Waals surface area (Å²) in [5, 5.41) is 15.9. The molecule has 1 aromatic rings. The van der Waals surface area contributed by atoms with E-state index in [1.165, 1.54) is 24.4 Å². The summed E-state index contributed by atoms with van der Waals surface area (Å²) in [6.45, 7) is 0. The van der Waals surface area contributed by atoms with Crippen LogP contribution in [0.3, 0.4) is 0 Å². The Hall–Kier alpha value is -2.54. The first-order chi connectivity index (χ1) is 11.5. The third kappa shape index (κ3) is 2.08. The average Bonchev–Trinajstić information content (AvgIpc) is 3.22. The van der Waals surface area contributed by atoms with Crippen molar-refractivity contribution in [3.8, 4) is 0 Å². The van der Waals surface area contributed by atoms with Crippen molar-refractivity contribution in [1.29, 1.82) is 0 Å². The summed E-state index contributed by atoms with van der Waals surface area (Å²) in [6, 6.07) is 3.91. The second-order valence-corrected chi connectivity index (χ2v) is 6.60. The Kier molecular flexibility index (Phi) is 3.28. The van der Waals surface area contributed by atoms with Gasteiger partial charge in [0.15, 0.2) is 0 Å². The van der Waals surface area contributed by atoms with Crippen molar-refractivity contribution in [1.82, 2.24) is 5.01 Å². The van der Waals surface area contributed by atoms with Crippen LogP contribution in [0.2, 0.25) is 5.02 Å². The number of nitro groups is 1. The number of carbonyl (C=O) groups excluding carboxylic acids is 2. The topological polar surface area (TPSA) is 92.9 Å². The predicted octanol–water partition coefficient (Wildman–Crippen LogP) is 2.39. The van der Waals surface area contributed by atoms with Crippen LogP contribution in [0.25, 0.3) is 0 Å². The lowest BCUT2D eigenvalue weighted by Crippen LogP contribution is -2.28. The maximum Gasteiger partial charge on any atom is 0.270 e. The monoisotopic (exact) mass is 345 g/mol. The highest BCUT2D eigenvalue weighted by molar-refractivity contribution is 6.33. The Morgan fingerprint density at radius 3 is 2.42 bits per heavy atom. The van der Waals surface area contributed by atoms with Gasteiger partial charge in [-0.1, -0.05) is 23.8 Å². The van der Waals surface area contributed by atoms with Gasteiger partial charge in [-0.15, -0.1) is 0 Å². The van der Waals surface area contributed by atoms with Crippen molar-refractivity contribution in [2.45, 2.75) is 6.42 Å². The molecule has 0 radical (unpaired) electrons. The van der Waals surface area contributed by atoms with Gasteiger partial charge in [-0.05, 0) is 24.3 Å². The normalized spacial score (nSPS) is 30.6. The smallest absolute Gasteiger partial charge is 0.270 e. The van der Waals surface area contributed by atoms with E-state index in [1.54, 1.807) is 0 Å². The SMILES string of the molecule is O=C1[C@@H]2[C@H](C(=O)N1/N=C\c1cc([N+](=O)[O-])ccc1Cl)[C@H]1C=C[C@H]2C1. The van der Waals surface area contributed by atoms with Crippen molar-refractivity contribution < 1.29 is 14.5 Å². The van der Waals surface area contributed by atoms with Crippen LogP contribution in [-0.4, -0.2) is 28.0 Å². The molecule has 0 N–H and O–H groups in total. The largest absolute Gasteiger partial charge is 0.272 e. The van der Waals surface area contributed by atoms with Gasteiger partial charge in [0.25, 0.3) is 17.5 Å². The van der Waals surface area contributed by atoms with E-state index in [4.69, 9.17) is 11.6 Å². The molecule has 4 atom stereocenters. The number of allylic oxidation sites excluding steroid dienone is 2. The lowest BCUT2D eigenvalue weighted by Gasteiger charge is -2.13. The number of nitrogens with zero attached hydrogens (tertiary/aromatic N) is 3. The zero-order valence-electron chi connectivity index (χ0n) is 12.3. The summed E-state index contributed by atoms with van der Waals surface area (Å²) in [6.07, 6.45) is 6.08. The summed E-state index contributed by atoms with van der Waals surface area (Å²) in [5.41, 5.74) is 0.142. The van der Waals surface area contributed by atoms with Crippen LogP contribution in [0.15, 0.2) is 35.5 Å². The van der Waals surface area contributed by atoms with E-state index in [0.29, 0.717) is 0 Å². The number of imide groups is 1. The van der Waals surface area contributed by atoms with Gasteiger partial charge >= 0.3 is 0 Å². The fraction of sp³-hybridized carbons (Fsp3) is 0.312. The van der Waals surface area contributed by atoms with Gasteiger partial charge in [-0.25, -0.2) is 0 Å². The summed E-state index contributed by atoms with van der Waals surface area (Å²) in [5.74, 6) is -1.05. The second-order valence-electron chi connectivity index (χ2n) is 6.20. The number of fused-ring (bicyclic) bond motifs is 5. The molecule has 1 heterocycles. The highest BCUT2D eigenvalue weighted by atomic mass is 35.5. The van der Waals surface area contributed by atoms with Crippen LogP contribution in [0.5, 0.6) is 0 Å². The minimum absolute atomic E-state index is 0.109. The first kappa shape index (κ1) is 15.0. The Balaban J connectivity index is 1.61. The highest BCUT2D eigenvalue weighted by Gasteiger charge is 2.59. The van der Waals surface area contributed by atoms with E-state index in [9.17, 15) is 19.7 Å². The van der Waals surface area contributed by atoms with Crippen LogP contribution in [0.4, 0.5) is 5.69 Å². The molecule has 0 spiro atoms. The lowest BCUT2D eigenvalue weighted by atomic mass is 9.85. The maximum atomic E-state index is 12.5. The zero-order chi connectivity index (χ0) is 17.0. The third-order valence-corrected chi connectivity index (χ3v) is 5.29. The molecule has 2 amide bonds. The number of hydrogen-bond acceptors (Lipinski definition) is 5. The zero-order valence-corrected chi connectivity index (χ0v) is 13.1. The summed E-state index contributed by atoms with van der Waals surface area (Å²) in [7, 11) is 0. The Bertz CT molecular complexity index is 805. The number of hydrogen-bond donors (Lipinski definition) is 0. The number of halogens is 1. The lowest BCUT2D eigenvalue weighted by molar-refractivity contribution is -0.384. The number of non-ortho nitro benzene ring substituents is 1. The standard InChI is InChI=1S/C16H12ClN3O4/c17-12-4-3-11(20(23)24)6-10(12)7-18-19-15(21)13-8-1-2-9(5-8)14(13)16(19)22/h1-4,6-9,13-14H,5H2/b18-7-/t8-,9-,13-,14+/m0/s1. The van der Waals surface area contributed by atoms with Gasteiger partial charge in [0.2, 0.25) is 0 Å². The number of carbonyl (C=O) groups is 2.